The molecular weight excluding hydrogens is 421 g/mol. The molecule has 1 amide bonds. The summed E-state index contributed by atoms with van der Waals surface area (Å²) in [6.07, 6.45) is 3.29. The fraction of sp³-hybridized carbons (Fsp3) is 0.227. The van der Waals surface area contributed by atoms with E-state index in [4.69, 9.17) is 23.2 Å². The summed E-state index contributed by atoms with van der Waals surface area (Å²) in [5.41, 5.74) is 2.18. The molecule has 1 N–H and O–H groups in total. The van der Waals surface area contributed by atoms with Crippen LogP contribution in [0.5, 0.6) is 0 Å². The Morgan fingerprint density at radius 3 is 2.43 bits per heavy atom. The monoisotopic (exact) mass is 441 g/mol. The first-order chi connectivity index (χ1) is 14.6. The van der Waals surface area contributed by atoms with Crippen molar-refractivity contribution >= 4 is 40.6 Å². The lowest BCUT2D eigenvalue weighted by Gasteiger charge is -2.35. The highest BCUT2D eigenvalue weighted by atomic mass is 35.5. The summed E-state index contributed by atoms with van der Waals surface area (Å²) in [7, 11) is 0. The number of piperazine rings is 1. The molecule has 1 aromatic carbocycles. The minimum absolute atomic E-state index is 0.211. The molecule has 0 radical (unpaired) electrons. The maximum Gasteiger partial charge on any atom is 0.257 e. The van der Waals surface area contributed by atoms with Gasteiger partial charge in [0.1, 0.15) is 5.82 Å². The summed E-state index contributed by atoms with van der Waals surface area (Å²) in [5.74, 6) is 0.662. The SMILES string of the molecule is O=C(Nc1cccc(Cl)c1)c1ccc(N2CCN(Cc3ccc(Cl)cn3)CC2)nc1. The molecule has 0 spiro atoms. The van der Waals surface area contributed by atoms with Gasteiger partial charge in [0.2, 0.25) is 0 Å². The van der Waals surface area contributed by atoms with Crippen molar-refractivity contribution in [2.75, 3.05) is 36.4 Å². The van der Waals surface area contributed by atoms with E-state index in [1.165, 1.54) is 0 Å². The van der Waals surface area contributed by atoms with Crippen molar-refractivity contribution in [1.29, 1.82) is 0 Å². The van der Waals surface area contributed by atoms with E-state index in [-0.39, 0.29) is 5.91 Å². The molecule has 0 aliphatic carbocycles. The zero-order valence-electron chi connectivity index (χ0n) is 16.3. The van der Waals surface area contributed by atoms with Gasteiger partial charge in [0.25, 0.3) is 5.91 Å². The second-order valence-electron chi connectivity index (χ2n) is 7.10. The summed E-state index contributed by atoms with van der Waals surface area (Å²) in [4.78, 5) is 25.9. The Bertz CT molecular complexity index is 1000. The molecule has 3 heterocycles. The van der Waals surface area contributed by atoms with Crippen molar-refractivity contribution in [3.05, 3.63) is 82.2 Å². The lowest BCUT2D eigenvalue weighted by Crippen LogP contribution is -2.46. The van der Waals surface area contributed by atoms with E-state index in [2.05, 4.69) is 25.1 Å². The molecule has 2 aromatic heterocycles. The molecule has 0 atom stereocenters. The van der Waals surface area contributed by atoms with Gasteiger partial charge >= 0.3 is 0 Å². The van der Waals surface area contributed by atoms with Gasteiger partial charge in [0.05, 0.1) is 16.3 Å². The number of carbonyl (C=O) groups excluding carboxylic acids is 1. The fourth-order valence-electron chi connectivity index (χ4n) is 3.34. The Morgan fingerprint density at radius 2 is 1.77 bits per heavy atom. The number of hydrogen-bond acceptors (Lipinski definition) is 5. The maximum absolute atomic E-state index is 12.4. The van der Waals surface area contributed by atoms with Gasteiger partial charge < -0.3 is 10.2 Å². The van der Waals surface area contributed by atoms with Crippen LogP contribution in [0.1, 0.15) is 16.1 Å². The molecule has 154 valence electrons. The van der Waals surface area contributed by atoms with Gasteiger partial charge in [-0.3, -0.25) is 14.7 Å². The minimum atomic E-state index is -0.211. The molecule has 30 heavy (non-hydrogen) atoms. The number of anilines is 2. The fourth-order valence-corrected chi connectivity index (χ4v) is 3.64. The third-order valence-corrected chi connectivity index (χ3v) is 5.42. The molecule has 8 heteroatoms. The molecule has 4 rings (SSSR count). The molecule has 1 aliphatic heterocycles. The van der Waals surface area contributed by atoms with Gasteiger partial charge in [0, 0.05) is 55.8 Å². The summed E-state index contributed by atoms with van der Waals surface area (Å²) in [6.45, 7) is 4.39. The smallest absolute Gasteiger partial charge is 0.257 e. The summed E-state index contributed by atoms with van der Waals surface area (Å²) < 4.78 is 0. The van der Waals surface area contributed by atoms with Gasteiger partial charge in [0.15, 0.2) is 0 Å². The quantitative estimate of drug-likeness (QED) is 0.637. The van der Waals surface area contributed by atoms with Crippen LogP contribution in [0.3, 0.4) is 0 Å². The van der Waals surface area contributed by atoms with Crippen molar-refractivity contribution in [2.45, 2.75) is 6.54 Å². The van der Waals surface area contributed by atoms with E-state index >= 15 is 0 Å². The van der Waals surface area contributed by atoms with E-state index in [9.17, 15) is 4.79 Å². The predicted octanol–water partition coefficient (Wildman–Crippen LogP) is 4.36. The number of pyridine rings is 2. The van der Waals surface area contributed by atoms with Crippen molar-refractivity contribution in [3.8, 4) is 0 Å². The minimum Gasteiger partial charge on any atom is -0.354 e. The number of hydrogen-bond donors (Lipinski definition) is 1. The number of nitrogens with zero attached hydrogens (tertiary/aromatic N) is 4. The van der Waals surface area contributed by atoms with Crippen molar-refractivity contribution in [3.63, 3.8) is 0 Å². The second kappa shape index (κ2) is 9.43. The number of rotatable bonds is 5. The molecule has 3 aromatic rings. The third-order valence-electron chi connectivity index (χ3n) is 4.96. The molecule has 1 aliphatic rings. The van der Waals surface area contributed by atoms with Gasteiger partial charge in [-0.15, -0.1) is 0 Å². The highest BCUT2D eigenvalue weighted by Crippen LogP contribution is 2.18. The highest BCUT2D eigenvalue weighted by molar-refractivity contribution is 6.31. The number of benzene rings is 1. The zero-order chi connectivity index (χ0) is 20.9. The third kappa shape index (κ3) is 5.27. The van der Waals surface area contributed by atoms with Crippen molar-refractivity contribution < 1.29 is 4.79 Å². The van der Waals surface area contributed by atoms with Crippen LogP contribution in [-0.4, -0.2) is 47.0 Å². The largest absolute Gasteiger partial charge is 0.354 e. The van der Waals surface area contributed by atoms with E-state index < -0.39 is 0 Å². The van der Waals surface area contributed by atoms with Crippen LogP contribution in [0.4, 0.5) is 11.5 Å². The molecule has 0 bridgehead atoms. The average molecular weight is 442 g/mol. The normalized spacial score (nSPS) is 14.5. The number of nitrogens with one attached hydrogen (secondary N) is 1. The Labute approximate surface area is 185 Å². The zero-order valence-corrected chi connectivity index (χ0v) is 17.8. The standard InChI is InChI=1S/C22H21Cl2N5O/c23-17-2-1-3-19(12-17)27-22(30)16-4-7-21(26-13-16)29-10-8-28(9-11-29)15-20-6-5-18(24)14-25-20/h1-7,12-14H,8-11,15H2,(H,27,30). The molecule has 6 nitrogen and oxygen atoms in total. The molecule has 0 unspecified atom stereocenters. The molecule has 0 saturated carbocycles. The Hall–Kier alpha value is -2.67. The van der Waals surface area contributed by atoms with Crippen LogP contribution in [0.25, 0.3) is 0 Å². The van der Waals surface area contributed by atoms with Crippen molar-refractivity contribution in [2.24, 2.45) is 0 Å². The van der Waals surface area contributed by atoms with Crippen molar-refractivity contribution in [1.82, 2.24) is 14.9 Å². The summed E-state index contributed by atoms with van der Waals surface area (Å²) in [5, 5.41) is 4.06. The van der Waals surface area contributed by atoms with E-state index in [1.54, 1.807) is 42.7 Å². The van der Waals surface area contributed by atoms with Gasteiger partial charge in [-0.2, -0.15) is 0 Å². The maximum atomic E-state index is 12.4. The summed E-state index contributed by atoms with van der Waals surface area (Å²) in [6, 6.07) is 14.6. The van der Waals surface area contributed by atoms with E-state index in [1.807, 2.05) is 18.2 Å². The predicted molar refractivity (Wildman–Crippen MR) is 120 cm³/mol. The lowest BCUT2D eigenvalue weighted by atomic mass is 10.2. The number of aromatic nitrogens is 2. The van der Waals surface area contributed by atoms with Crippen LogP contribution in [0, 0.1) is 0 Å². The molecular formula is C22H21Cl2N5O. The van der Waals surface area contributed by atoms with E-state index in [0.717, 1.165) is 44.2 Å². The second-order valence-corrected chi connectivity index (χ2v) is 7.97. The van der Waals surface area contributed by atoms with Gasteiger partial charge in [-0.05, 0) is 42.5 Å². The molecule has 1 saturated heterocycles. The highest BCUT2D eigenvalue weighted by Gasteiger charge is 2.19. The molecule has 1 fully saturated rings. The van der Waals surface area contributed by atoms with Crippen LogP contribution in [0.15, 0.2) is 60.9 Å². The van der Waals surface area contributed by atoms with Crippen LogP contribution in [-0.2, 0) is 6.54 Å². The Morgan fingerprint density at radius 1 is 0.933 bits per heavy atom. The number of carbonyl (C=O) groups is 1. The first-order valence-corrected chi connectivity index (χ1v) is 10.4. The van der Waals surface area contributed by atoms with Crippen LogP contribution < -0.4 is 10.2 Å². The summed E-state index contributed by atoms with van der Waals surface area (Å²) >= 11 is 11.9. The average Bonchev–Trinajstić information content (AvgIpc) is 2.76. The van der Waals surface area contributed by atoms with E-state index in [0.29, 0.717) is 21.3 Å². The van der Waals surface area contributed by atoms with Gasteiger partial charge in [-0.1, -0.05) is 29.3 Å². The lowest BCUT2D eigenvalue weighted by molar-refractivity contribution is 0.102. The van der Waals surface area contributed by atoms with Gasteiger partial charge in [-0.25, -0.2) is 4.98 Å². The Balaban J connectivity index is 1.31. The number of amides is 1. The number of halogens is 2. The topological polar surface area (TPSA) is 61.4 Å². The van der Waals surface area contributed by atoms with Crippen LogP contribution in [0.2, 0.25) is 10.0 Å². The first-order valence-electron chi connectivity index (χ1n) is 9.67. The van der Waals surface area contributed by atoms with Crippen LogP contribution >= 0.6 is 23.2 Å². The Kier molecular flexibility index (Phi) is 6.47. The first kappa shape index (κ1) is 20.6.